The molecule has 0 amide bonds. The summed E-state index contributed by atoms with van der Waals surface area (Å²) in [7, 11) is -2.06. The number of carbonyl (C=O) groups excluding carboxylic acids is 1. The number of hydrogen-bond donors (Lipinski definition) is 0. The van der Waals surface area contributed by atoms with Gasteiger partial charge in [-0.05, 0) is 10.6 Å². The smallest absolute Gasteiger partial charge is 0.284 e. The Bertz CT molecular complexity index is 512. The Morgan fingerprint density at radius 3 is 1.47 bits per heavy atom. The van der Waals surface area contributed by atoms with Crippen LogP contribution < -0.4 is 10.6 Å². The van der Waals surface area contributed by atoms with E-state index in [1.54, 1.807) is 60.7 Å². The number of hydrogen-bond acceptors (Lipinski definition) is 1. The summed E-state index contributed by atoms with van der Waals surface area (Å²) in [6, 6.07) is 16.2. The molecule has 0 bridgehead atoms. The highest BCUT2D eigenvalue weighted by molar-refractivity contribution is 7.87. The minimum absolute atomic E-state index is 0.408. The van der Waals surface area contributed by atoms with E-state index >= 15 is 0 Å². The van der Waals surface area contributed by atoms with Gasteiger partial charge in [0.2, 0.25) is 0 Å². The van der Waals surface area contributed by atoms with E-state index in [4.69, 9.17) is 0 Å². The molecule has 2 rings (SSSR count). The van der Waals surface area contributed by atoms with Gasteiger partial charge in [0.05, 0.1) is 0 Å². The van der Waals surface area contributed by atoms with E-state index in [9.17, 15) is 18.0 Å². The molecule has 98 valence electrons. The van der Waals surface area contributed by atoms with E-state index < -0.39 is 19.6 Å². The van der Waals surface area contributed by atoms with Crippen molar-refractivity contribution in [2.75, 3.05) is 0 Å². The predicted molar refractivity (Wildman–Crippen MR) is 70.1 cm³/mol. The summed E-state index contributed by atoms with van der Waals surface area (Å²) in [4.78, 5) is 11.7. The first-order chi connectivity index (χ1) is 9.00. The predicted octanol–water partition coefficient (Wildman–Crippen LogP) is 3.21. The third-order valence-corrected chi connectivity index (χ3v) is 4.76. The van der Waals surface area contributed by atoms with Crippen molar-refractivity contribution in [1.29, 1.82) is 0 Å². The average molecular weight is 282 g/mol. The largest absolute Gasteiger partial charge is 0.455 e. The second kappa shape index (κ2) is 5.54. The van der Waals surface area contributed by atoms with E-state index in [0.717, 1.165) is 0 Å². The lowest BCUT2D eigenvalue weighted by atomic mass is 10.4. The van der Waals surface area contributed by atoms with Crippen LogP contribution in [0, 0.1) is 0 Å². The van der Waals surface area contributed by atoms with Crippen LogP contribution in [-0.2, 0) is 4.79 Å². The van der Waals surface area contributed by atoms with Gasteiger partial charge in [-0.2, -0.15) is 13.2 Å². The first-order valence-corrected chi connectivity index (χ1v) is 6.85. The zero-order valence-corrected chi connectivity index (χ0v) is 10.7. The second-order valence-corrected chi connectivity index (χ2v) is 5.92. The first kappa shape index (κ1) is 13.8. The highest BCUT2D eigenvalue weighted by atomic mass is 31.1. The lowest BCUT2D eigenvalue weighted by molar-refractivity contribution is -0.160. The zero-order valence-electron chi connectivity index (χ0n) is 9.76. The van der Waals surface area contributed by atoms with Crippen LogP contribution in [0.3, 0.4) is 0 Å². The summed E-state index contributed by atoms with van der Waals surface area (Å²) in [6.07, 6.45) is -4.82. The second-order valence-electron chi connectivity index (χ2n) is 3.81. The summed E-state index contributed by atoms with van der Waals surface area (Å²) in [6.45, 7) is 0. The van der Waals surface area contributed by atoms with E-state index in [1.807, 2.05) is 0 Å². The van der Waals surface area contributed by atoms with Crippen molar-refractivity contribution in [3.8, 4) is 0 Å². The SMILES string of the molecule is O=C(P(c1ccccc1)c1ccccc1)C(F)(F)F. The molecule has 0 fully saturated rings. The van der Waals surface area contributed by atoms with Crippen LogP contribution in [0.25, 0.3) is 0 Å². The Morgan fingerprint density at radius 2 is 1.16 bits per heavy atom. The summed E-state index contributed by atoms with van der Waals surface area (Å²) in [5, 5.41) is 0.817. The zero-order chi connectivity index (χ0) is 13.9. The van der Waals surface area contributed by atoms with Gasteiger partial charge in [0, 0.05) is 7.92 Å². The summed E-state index contributed by atoms with van der Waals surface area (Å²) < 4.78 is 38.2. The third kappa shape index (κ3) is 3.21. The minimum Gasteiger partial charge on any atom is -0.284 e. The number of carbonyl (C=O) groups is 1. The van der Waals surface area contributed by atoms with Gasteiger partial charge in [-0.3, -0.25) is 4.79 Å². The number of alkyl halides is 3. The molecule has 1 nitrogen and oxygen atoms in total. The monoisotopic (exact) mass is 282 g/mol. The fourth-order valence-corrected chi connectivity index (χ4v) is 3.63. The van der Waals surface area contributed by atoms with Crippen molar-refractivity contribution in [3.05, 3.63) is 60.7 Å². The Hall–Kier alpha value is -1.67. The van der Waals surface area contributed by atoms with Crippen molar-refractivity contribution in [2.45, 2.75) is 6.18 Å². The quantitative estimate of drug-likeness (QED) is 0.790. The topological polar surface area (TPSA) is 17.1 Å². The van der Waals surface area contributed by atoms with Crippen LogP contribution >= 0.6 is 7.92 Å². The third-order valence-electron chi connectivity index (χ3n) is 2.47. The molecule has 2 aromatic rings. The Balaban J connectivity index is 2.49. The maximum absolute atomic E-state index is 12.7. The van der Waals surface area contributed by atoms with E-state index in [-0.39, 0.29) is 0 Å². The Morgan fingerprint density at radius 1 is 0.789 bits per heavy atom. The highest BCUT2D eigenvalue weighted by Crippen LogP contribution is 2.41. The highest BCUT2D eigenvalue weighted by Gasteiger charge is 2.44. The molecule has 0 spiro atoms. The van der Waals surface area contributed by atoms with Crippen molar-refractivity contribution in [3.63, 3.8) is 0 Å². The van der Waals surface area contributed by atoms with Crippen molar-refractivity contribution in [2.24, 2.45) is 0 Å². The fourth-order valence-electron chi connectivity index (χ4n) is 1.66. The fraction of sp³-hybridized carbons (Fsp3) is 0.0714. The van der Waals surface area contributed by atoms with E-state index in [0.29, 0.717) is 10.6 Å². The summed E-state index contributed by atoms with van der Waals surface area (Å²) in [5.41, 5.74) is -1.68. The van der Waals surface area contributed by atoms with Gasteiger partial charge in [0.15, 0.2) is 0 Å². The summed E-state index contributed by atoms with van der Waals surface area (Å²) >= 11 is 0. The van der Waals surface area contributed by atoms with E-state index in [1.165, 1.54) is 0 Å². The molecule has 0 atom stereocenters. The van der Waals surface area contributed by atoms with Crippen LogP contribution in [0.2, 0.25) is 0 Å². The lowest BCUT2D eigenvalue weighted by Crippen LogP contribution is -2.29. The van der Waals surface area contributed by atoms with E-state index in [2.05, 4.69) is 0 Å². The molecule has 0 unspecified atom stereocenters. The van der Waals surface area contributed by atoms with Crippen molar-refractivity contribution in [1.82, 2.24) is 0 Å². The maximum Gasteiger partial charge on any atom is 0.455 e. The molecule has 0 radical (unpaired) electrons. The van der Waals surface area contributed by atoms with Crippen molar-refractivity contribution >= 4 is 24.1 Å². The summed E-state index contributed by atoms with van der Waals surface area (Å²) in [5.74, 6) is 0. The van der Waals surface area contributed by atoms with Crippen LogP contribution in [0.1, 0.15) is 0 Å². The van der Waals surface area contributed by atoms with Crippen LogP contribution in [0.5, 0.6) is 0 Å². The first-order valence-electron chi connectivity index (χ1n) is 5.51. The number of halogens is 3. The van der Waals surface area contributed by atoms with Gasteiger partial charge in [-0.15, -0.1) is 0 Å². The normalized spacial score (nSPS) is 11.6. The molecular formula is C14H10F3OP. The van der Waals surface area contributed by atoms with Crippen LogP contribution in [0.4, 0.5) is 13.2 Å². The van der Waals surface area contributed by atoms with Gasteiger partial charge in [-0.25, -0.2) is 0 Å². The molecule has 0 aromatic heterocycles. The molecule has 5 heteroatoms. The molecule has 0 aliphatic heterocycles. The van der Waals surface area contributed by atoms with Gasteiger partial charge in [-0.1, -0.05) is 60.7 Å². The Kier molecular flexibility index (Phi) is 4.01. The van der Waals surface area contributed by atoms with Gasteiger partial charge < -0.3 is 0 Å². The number of benzene rings is 2. The maximum atomic E-state index is 12.7. The Labute approximate surface area is 109 Å². The molecule has 0 saturated carbocycles. The van der Waals surface area contributed by atoms with Crippen LogP contribution in [0.15, 0.2) is 60.7 Å². The number of rotatable bonds is 3. The molecule has 0 aliphatic rings. The molecule has 0 heterocycles. The minimum atomic E-state index is -4.82. The van der Waals surface area contributed by atoms with Gasteiger partial charge in [0.25, 0.3) is 5.52 Å². The van der Waals surface area contributed by atoms with Gasteiger partial charge in [0.1, 0.15) is 0 Å². The molecule has 0 N–H and O–H groups in total. The standard InChI is InChI=1S/C14H10F3OP/c15-14(16,17)13(18)19(11-7-3-1-4-8-11)12-9-5-2-6-10-12/h1-10H. The lowest BCUT2D eigenvalue weighted by Gasteiger charge is -2.18. The molecule has 19 heavy (non-hydrogen) atoms. The van der Waals surface area contributed by atoms with Gasteiger partial charge >= 0.3 is 6.18 Å². The molecule has 2 aromatic carbocycles. The molecule has 0 saturated heterocycles. The average Bonchev–Trinajstić information content (AvgIpc) is 2.40. The van der Waals surface area contributed by atoms with Crippen LogP contribution in [-0.4, -0.2) is 11.7 Å². The molecule has 0 aliphatic carbocycles. The molecular weight excluding hydrogens is 272 g/mol. The van der Waals surface area contributed by atoms with Crippen molar-refractivity contribution < 1.29 is 18.0 Å².